The van der Waals surface area contributed by atoms with Crippen LogP contribution in [0.25, 0.3) is 0 Å². The predicted octanol–water partition coefficient (Wildman–Crippen LogP) is 3.87. The van der Waals surface area contributed by atoms with Crippen molar-refractivity contribution < 1.29 is 19.7 Å². The molecule has 0 spiro atoms. The predicted molar refractivity (Wildman–Crippen MR) is 117 cm³/mol. The maximum atomic E-state index is 11.2. The number of aromatic nitrogens is 1. The largest absolute Gasteiger partial charge is 0.508 e. The highest BCUT2D eigenvalue weighted by molar-refractivity contribution is 5.87. The van der Waals surface area contributed by atoms with Crippen LogP contribution in [0, 0.1) is 11.8 Å². The van der Waals surface area contributed by atoms with Gasteiger partial charge in [-0.05, 0) is 79.8 Å². The van der Waals surface area contributed by atoms with E-state index in [1.54, 1.807) is 6.20 Å². The molecule has 2 aliphatic carbocycles. The molecule has 2 bridgehead atoms. The molecule has 1 unspecified atom stereocenters. The number of carboxylic acids is 1. The van der Waals surface area contributed by atoms with Gasteiger partial charge in [-0.2, -0.15) is 0 Å². The summed E-state index contributed by atoms with van der Waals surface area (Å²) in [6.07, 6.45) is 8.54. The zero-order valence-electron chi connectivity index (χ0n) is 18.0. The zero-order valence-corrected chi connectivity index (χ0v) is 18.0. The molecule has 31 heavy (non-hydrogen) atoms. The number of carboxylic acid groups (broad SMARTS) is 1. The molecular formula is C25H30N2O4. The van der Waals surface area contributed by atoms with Crippen LogP contribution in [0.15, 0.2) is 36.7 Å². The van der Waals surface area contributed by atoms with E-state index in [1.165, 1.54) is 42.8 Å². The maximum absolute atomic E-state index is 11.2. The van der Waals surface area contributed by atoms with Gasteiger partial charge in [-0.15, -0.1) is 0 Å². The molecule has 164 valence electrons. The number of aromatic carboxylic acids is 1. The number of rotatable bonds is 7. The zero-order chi connectivity index (χ0) is 21.6. The van der Waals surface area contributed by atoms with Crippen LogP contribution in [0.2, 0.25) is 0 Å². The highest BCUT2D eigenvalue weighted by Gasteiger charge is 2.51. The second-order valence-corrected chi connectivity index (χ2v) is 9.56. The normalized spacial score (nSPS) is 27.5. The van der Waals surface area contributed by atoms with Crippen molar-refractivity contribution in [1.29, 1.82) is 0 Å². The standard InChI is InChI=1S/C25H30N2O4/c1-16-23-11-18-4-5-20(28)12-22(18)25(16,6-8-27(23)15-17-2-3-17)7-9-31-21-10-19(24(29)30)13-26-14-21/h4-5,10,12-14,16-17,23,28H,2-3,6-9,11,15H2,1H3,(H,29,30)/t16-,23+,25?/m0/s1. The fourth-order valence-electron chi connectivity index (χ4n) is 5.85. The van der Waals surface area contributed by atoms with E-state index in [0.29, 0.717) is 30.1 Å². The number of hydrogen-bond acceptors (Lipinski definition) is 5. The molecule has 3 atom stereocenters. The highest BCUT2D eigenvalue weighted by atomic mass is 16.5. The molecule has 1 aromatic heterocycles. The molecular weight excluding hydrogens is 392 g/mol. The van der Waals surface area contributed by atoms with Crippen LogP contribution < -0.4 is 4.74 Å². The first-order valence-corrected chi connectivity index (χ1v) is 11.3. The Kier molecular flexibility index (Phi) is 5.13. The first kappa shape index (κ1) is 20.3. The van der Waals surface area contributed by atoms with Crippen LogP contribution in [-0.4, -0.2) is 51.8 Å². The molecule has 0 radical (unpaired) electrons. The Hall–Kier alpha value is -2.60. The van der Waals surface area contributed by atoms with Gasteiger partial charge in [-0.25, -0.2) is 4.79 Å². The van der Waals surface area contributed by atoms with Gasteiger partial charge >= 0.3 is 5.97 Å². The minimum absolute atomic E-state index is 0.0467. The Labute approximate surface area is 182 Å². The lowest BCUT2D eigenvalue weighted by atomic mass is 9.56. The molecule has 1 aliphatic heterocycles. The van der Waals surface area contributed by atoms with Crippen molar-refractivity contribution in [2.75, 3.05) is 19.7 Å². The molecule has 2 N–H and O–H groups in total. The molecule has 2 fully saturated rings. The quantitative estimate of drug-likeness (QED) is 0.705. The lowest BCUT2D eigenvalue weighted by molar-refractivity contribution is 0.00985. The first-order chi connectivity index (χ1) is 15.0. The molecule has 1 saturated heterocycles. The lowest BCUT2D eigenvalue weighted by Gasteiger charge is -2.56. The van der Waals surface area contributed by atoms with Crippen molar-refractivity contribution >= 4 is 5.97 Å². The number of phenols is 1. The number of piperidine rings is 1. The van der Waals surface area contributed by atoms with E-state index in [2.05, 4.69) is 22.9 Å². The number of phenolic OH excluding ortho intramolecular Hbond substituents is 1. The Bertz CT molecular complexity index is 989. The summed E-state index contributed by atoms with van der Waals surface area (Å²) < 4.78 is 5.98. The average molecular weight is 423 g/mol. The topological polar surface area (TPSA) is 82.9 Å². The molecule has 1 saturated carbocycles. The number of aromatic hydroxyl groups is 1. The van der Waals surface area contributed by atoms with Gasteiger partial charge in [0.05, 0.1) is 18.4 Å². The monoisotopic (exact) mass is 422 g/mol. The summed E-state index contributed by atoms with van der Waals surface area (Å²) in [5, 5.41) is 19.4. The minimum Gasteiger partial charge on any atom is -0.508 e. The number of benzene rings is 1. The smallest absolute Gasteiger partial charge is 0.337 e. The molecule has 1 aromatic carbocycles. The molecule has 2 heterocycles. The van der Waals surface area contributed by atoms with Crippen molar-refractivity contribution in [2.45, 2.75) is 50.5 Å². The van der Waals surface area contributed by atoms with Crippen LogP contribution in [0.1, 0.15) is 54.1 Å². The van der Waals surface area contributed by atoms with Gasteiger partial charge in [0.2, 0.25) is 0 Å². The Morgan fingerprint density at radius 2 is 2.13 bits per heavy atom. The van der Waals surface area contributed by atoms with Crippen molar-refractivity contribution in [3.63, 3.8) is 0 Å². The summed E-state index contributed by atoms with van der Waals surface area (Å²) in [7, 11) is 0. The molecule has 6 heteroatoms. The van der Waals surface area contributed by atoms with Crippen molar-refractivity contribution in [3.8, 4) is 11.5 Å². The number of likely N-dealkylation sites (tertiary alicyclic amines) is 1. The molecule has 0 amide bonds. The van der Waals surface area contributed by atoms with Gasteiger partial charge in [0.1, 0.15) is 11.5 Å². The van der Waals surface area contributed by atoms with Gasteiger partial charge in [-0.3, -0.25) is 9.88 Å². The van der Waals surface area contributed by atoms with Gasteiger partial charge in [0.15, 0.2) is 0 Å². The summed E-state index contributed by atoms with van der Waals surface area (Å²) >= 11 is 0. The van der Waals surface area contributed by atoms with Crippen LogP contribution in [-0.2, 0) is 11.8 Å². The fourth-order valence-corrected chi connectivity index (χ4v) is 5.85. The van der Waals surface area contributed by atoms with Crippen LogP contribution in [0.3, 0.4) is 0 Å². The van der Waals surface area contributed by atoms with E-state index >= 15 is 0 Å². The third-order valence-corrected chi connectivity index (χ3v) is 7.79. The number of hydrogen-bond donors (Lipinski definition) is 2. The number of fused-ring (bicyclic) bond motifs is 4. The third-order valence-electron chi connectivity index (χ3n) is 7.79. The van der Waals surface area contributed by atoms with Crippen molar-refractivity contribution in [1.82, 2.24) is 9.88 Å². The highest BCUT2D eigenvalue weighted by Crippen LogP contribution is 2.52. The first-order valence-electron chi connectivity index (χ1n) is 11.3. The van der Waals surface area contributed by atoms with E-state index in [-0.39, 0.29) is 11.0 Å². The molecule has 5 rings (SSSR count). The van der Waals surface area contributed by atoms with Crippen molar-refractivity contribution in [2.24, 2.45) is 11.8 Å². The van der Waals surface area contributed by atoms with Gasteiger partial charge in [0.25, 0.3) is 0 Å². The number of pyridine rings is 1. The third kappa shape index (κ3) is 3.78. The van der Waals surface area contributed by atoms with E-state index in [9.17, 15) is 15.0 Å². The van der Waals surface area contributed by atoms with Gasteiger partial charge in [-0.1, -0.05) is 13.0 Å². The number of ether oxygens (including phenoxy) is 1. The summed E-state index contributed by atoms with van der Waals surface area (Å²) in [5.41, 5.74) is 2.69. The van der Waals surface area contributed by atoms with Gasteiger partial charge in [0, 0.05) is 24.2 Å². The lowest BCUT2D eigenvalue weighted by Crippen LogP contribution is -2.59. The van der Waals surface area contributed by atoms with E-state index in [0.717, 1.165) is 31.7 Å². The van der Waals surface area contributed by atoms with Crippen LogP contribution >= 0.6 is 0 Å². The summed E-state index contributed by atoms with van der Waals surface area (Å²) in [4.78, 5) is 17.9. The minimum atomic E-state index is -1.01. The van der Waals surface area contributed by atoms with Crippen LogP contribution in [0.4, 0.5) is 0 Å². The molecule has 6 nitrogen and oxygen atoms in total. The summed E-state index contributed by atoms with van der Waals surface area (Å²) in [6, 6.07) is 7.91. The molecule has 2 aromatic rings. The van der Waals surface area contributed by atoms with Gasteiger partial charge < -0.3 is 14.9 Å². The summed E-state index contributed by atoms with van der Waals surface area (Å²) in [5.74, 6) is 1.13. The van der Waals surface area contributed by atoms with E-state index in [1.807, 2.05) is 12.1 Å². The van der Waals surface area contributed by atoms with E-state index in [4.69, 9.17) is 4.74 Å². The number of carbonyl (C=O) groups is 1. The SMILES string of the molecule is C[C@H]1[C@H]2Cc3ccc(O)cc3C1(CCOc1cncc(C(=O)O)c1)CCN2CC1CC1. The van der Waals surface area contributed by atoms with Crippen molar-refractivity contribution in [3.05, 3.63) is 53.3 Å². The maximum Gasteiger partial charge on any atom is 0.337 e. The van der Waals surface area contributed by atoms with Crippen LogP contribution in [0.5, 0.6) is 11.5 Å². The molecule has 3 aliphatic rings. The fraction of sp³-hybridized carbons (Fsp3) is 0.520. The Balaban J connectivity index is 1.39. The second kappa shape index (κ2) is 7.83. The van der Waals surface area contributed by atoms with E-state index < -0.39 is 5.97 Å². The summed E-state index contributed by atoms with van der Waals surface area (Å²) in [6.45, 7) is 5.14. The average Bonchev–Trinajstić information content (AvgIpc) is 3.57. The Morgan fingerprint density at radius 1 is 1.29 bits per heavy atom. The Morgan fingerprint density at radius 3 is 2.90 bits per heavy atom. The second-order valence-electron chi connectivity index (χ2n) is 9.56. The number of nitrogens with zero attached hydrogens (tertiary/aromatic N) is 2.